The SMILES string of the molecule is Nc1nc2ccc(-c3cccnc3)cc2n1-c1ccn[nH]1. The summed E-state index contributed by atoms with van der Waals surface area (Å²) in [6.45, 7) is 0. The van der Waals surface area contributed by atoms with Gasteiger partial charge in [0.05, 0.1) is 17.2 Å². The number of nitrogens with zero attached hydrogens (tertiary/aromatic N) is 4. The van der Waals surface area contributed by atoms with E-state index in [2.05, 4.69) is 26.2 Å². The van der Waals surface area contributed by atoms with Gasteiger partial charge in [-0.15, -0.1) is 0 Å². The molecule has 4 rings (SSSR count). The number of hydrogen-bond donors (Lipinski definition) is 2. The molecule has 102 valence electrons. The van der Waals surface area contributed by atoms with Gasteiger partial charge in [-0.05, 0) is 23.8 Å². The van der Waals surface area contributed by atoms with Crippen molar-refractivity contribution >= 4 is 17.0 Å². The van der Waals surface area contributed by atoms with Crippen molar-refractivity contribution in [3.63, 3.8) is 0 Å². The van der Waals surface area contributed by atoms with E-state index in [4.69, 9.17) is 5.73 Å². The smallest absolute Gasteiger partial charge is 0.207 e. The van der Waals surface area contributed by atoms with Crippen LogP contribution in [-0.4, -0.2) is 24.7 Å². The first-order chi connectivity index (χ1) is 10.3. The summed E-state index contributed by atoms with van der Waals surface area (Å²) < 4.78 is 1.85. The van der Waals surface area contributed by atoms with Gasteiger partial charge in [0, 0.05) is 24.0 Å². The normalized spacial score (nSPS) is 11.0. The van der Waals surface area contributed by atoms with Crippen LogP contribution in [0.15, 0.2) is 55.0 Å². The van der Waals surface area contributed by atoms with Crippen molar-refractivity contribution < 1.29 is 0 Å². The summed E-state index contributed by atoms with van der Waals surface area (Å²) in [6.07, 6.45) is 5.28. The Kier molecular flexibility index (Phi) is 2.47. The third-order valence-corrected chi connectivity index (χ3v) is 3.40. The molecule has 6 heteroatoms. The Labute approximate surface area is 120 Å². The maximum atomic E-state index is 6.03. The molecule has 3 aromatic heterocycles. The van der Waals surface area contributed by atoms with Crippen LogP contribution in [0.5, 0.6) is 0 Å². The Morgan fingerprint density at radius 2 is 2.00 bits per heavy atom. The van der Waals surface area contributed by atoms with Crippen molar-refractivity contribution in [1.29, 1.82) is 0 Å². The van der Waals surface area contributed by atoms with Gasteiger partial charge in [0.1, 0.15) is 5.82 Å². The van der Waals surface area contributed by atoms with Gasteiger partial charge in [-0.25, -0.2) is 4.98 Å². The lowest BCUT2D eigenvalue weighted by Gasteiger charge is -2.05. The van der Waals surface area contributed by atoms with E-state index in [1.807, 2.05) is 41.1 Å². The minimum atomic E-state index is 0.428. The van der Waals surface area contributed by atoms with Crippen molar-refractivity contribution in [1.82, 2.24) is 24.7 Å². The molecular formula is C15H12N6. The van der Waals surface area contributed by atoms with Crippen LogP contribution in [-0.2, 0) is 0 Å². The number of nitrogen functional groups attached to an aromatic ring is 1. The topological polar surface area (TPSA) is 85.4 Å². The molecule has 1 aromatic carbocycles. The van der Waals surface area contributed by atoms with Crippen molar-refractivity contribution in [3.8, 4) is 16.9 Å². The monoisotopic (exact) mass is 276 g/mol. The summed E-state index contributed by atoms with van der Waals surface area (Å²) in [5, 5.41) is 6.88. The van der Waals surface area contributed by atoms with Crippen molar-refractivity contribution in [2.75, 3.05) is 5.73 Å². The lowest BCUT2D eigenvalue weighted by molar-refractivity contribution is 0.985. The number of nitrogens with two attached hydrogens (primary N) is 1. The number of aromatic nitrogens is 5. The second-order valence-electron chi connectivity index (χ2n) is 4.69. The van der Waals surface area contributed by atoms with E-state index in [9.17, 15) is 0 Å². The number of rotatable bonds is 2. The molecule has 3 heterocycles. The molecule has 0 bridgehead atoms. The number of fused-ring (bicyclic) bond motifs is 1. The number of aromatic amines is 1. The van der Waals surface area contributed by atoms with Crippen molar-refractivity contribution in [2.45, 2.75) is 0 Å². The van der Waals surface area contributed by atoms with Gasteiger partial charge < -0.3 is 5.73 Å². The van der Waals surface area contributed by atoms with Crippen LogP contribution in [0.2, 0.25) is 0 Å². The summed E-state index contributed by atoms with van der Waals surface area (Å²) in [4.78, 5) is 8.54. The molecule has 4 aromatic rings. The maximum absolute atomic E-state index is 6.03. The summed E-state index contributed by atoms with van der Waals surface area (Å²) >= 11 is 0. The first-order valence-electron chi connectivity index (χ1n) is 6.51. The molecular weight excluding hydrogens is 264 g/mol. The van der Waals surface area contributed by atoms with E-state index in [1.165, 1.54) is 0 Å². The lowest BCUT2D eigenvalue weighted by atomic mass is 10.1. The molecule has 0 saturated heterocycles. The number of pyridine rings is 1. The highest BCUT2D eigenvalue weighted by molar-refractivity contribution is 5.85. The van der Waals surface area contributed by atoms with Crippen LogP contribution in [0.25, 0.3) is 28.0 Å². The summed E-state index contributed by atoms with van der Waals surface area (Å²) in [5.74, 6) is 1.22. The van der Waals surface area contributed by atoms with Gasteiger partial charge >= 0.3 is 0 Å². The lowest BCUT2D eigenvalue weighted by Crippen LogP contribution is -2.00. The van der Waals surface area contributed by atoms with Crippen LogP contribution >= 0.6 is 0 Å². The number of H-pyrrole nitrogens is 1. The second kappa shape index (κ2) is 4.45. The Morgan fingerprint density at radius 3 is 2.76 bits per heavy atom. The van der Waals surface area contributed by atoms with Gasteiger partial charge in [0.15, 0.2) is 0 Å². The third kappa shape index (κ3) is 1.85. The molecule has 0 saturated carbocycles. The fourth-order valence-corrected chi connectivity index (χ4v) is 2.43. The molecule has 0 fully saturated rings. The van der Waals surface area contributed by atoms with Gasteiger partial charge in [0.25, 0.3) is 0 Å². The minimum absolute atomic E-state index is 0.428. The van der Waals surface area contributed by atoms with Crippen LogP contribution in [0.1, 0.15) is 0 Å². The number of hydrogen-bond acceptors (Lipinski definition) is 4. The Hall–Kier alpha value is -3.15. The predicted molar refractivity (Wildman–Crippen MR) is 80.9 cm³/mol. The van der Waals surface area contributed by atoms with E-state index < -0.39 is 0 Å². The van der Waals surface area contributed by atoms with Gasteiger partial charge in [-0.3, -0.25) is 14.6 Å². The highest BCUT2D eigenvalue weighted by Crippen LogP contribution is 2.27. The quantitative estimate of drug-likeness (QED) is 0.588. The molecule has 3 N–H and O–H groups in total. The Morgan fingerprint density at radius 1 is 1.05 bits per heavy atom. The fourth-order valence-electron chi connectivity index (χ4n) is 2.43. The largest absolute Gasteiger partial charge is 0.369 e. The van der Waals surface area contributed by atoms with E-state index in [1.54, 1.807) is 12.4 Å². The highest BCUT2D eigenvalue weighted by atomic mass is 15.3. The van der Waals surface area contributed by atoms with Crippen LogP contribution in [0.3, 0.4) is 0 Å². The van der Waals surface area contributed by atoms with E-state index in [0.29, 0.717) is 5.95 Å². The average Bonchev–Trinajstić information content (AvgIpc) is 3.13. The molecule has 0 unspecified atom stereocenters. The van der Waals surface area contributed by atoms with Gasteiger partial charge in [-0.1, -0.05) is 12.1 Å². The zero-order valence-corrected chi connectivity index (χ0v) is 11.1. The maximum Gasteiger partial charge on any atom is 0.207 e. The Balaban J connectivity index is 1.97. The molecule has 0 spiro atoms. The molecule has 0 amide bonds. The highest BCUT2D eigenvalue weighted by Gasteiger charge is 2.12. The molecule has 21 heavy (non-hydrogen) atoms. The second-order valence-corrected chi connectivity index (χ2v) is 4.69. The van der Waals surface area contributed by atoms with Crippen LogP contribution in [0.4, 0.5) is 5.95 Å². The fraction of sp³-hybridized carbons (Fsp3) is 0. The van der Waals surface area contributed by atoms with Crippen molar-refractivity contribution in [3.05, 3.63) is 55.0 Å². The average molecular weight is 276 g/mol. The molecule has 0 atom stereocenters. The van der Waals surface area contributed by atoms with E-state index >= 15 is 0 Å². The zero-order valence-electron chi connectivity index (χ0n) is 11.1. The van der Waals surface area contributed by atoms with Crippen molar-refractivity contribution in [2.24, 2.45) is 0 Å². The van der Waals surface area contributed by atoms with Crippen LogP contribution in [0, 0.1) is 0 Å². The molecule has 0 aliphatic heterocycles. The minimum Gasteiger partial charge on any atom is -0.369 e. The number of anilines is 1. The number of imidazole rings is 1. The molecule has 0 aliphatic carbocycles. The summed E-state index contributed by atoms with van der Waals surface area (Å²) in [5.41, 5.74) is 9.91. The third-order valence-electron chi connectivity index (χ3n) is 3.40. The van der Waals surface area contributed by atoms with Gasteiger partial charge in [-0.2, -0.15) is 5.10 Å². The first-order valence-corrected chi connectivity index (χ1v) is 6.51. The Bertz CT molecular complexity index is 893. The standard InChI is InChI=1S/C15H12N6/c16-15-19-12-4-3-10(11-2-1-6-17-9-11)8-13(12)21(15)14-5-7-18-20-14/h1-9H,(H2,16,19)(H,18,20). The molecule has 0 radical (unpaired) electrons. The molecule has 6 nitrogen and oxygen atoms in total. The first kappa shape index (κ1) is 11.7. The predicted octanol–water partition coefficient (Wildman–Crippen LogP) is 2.39. The zero-order chi connectivity index (χ0) is 14.2. The van der Waals surface area contributed by atoms with E-state index in [-0.39, 0.29) is 0 Å². The summed E-state index contributed by atoms with van der Waals surface area (Å²) in [7, 11) is 0. The number of benzene rings is 1. The van der Waals surface area contributed by atoms with Gasteiger partial charge in [0.2, 0.25) is 5.95 Å². The van der Waals surface area contributed by atoms with Crippen LogP contribution < -0.4 is 5.73 Å². The van der Waals surface area contributed by atoms with E-state index in [0.717, 1.165) is 28.0 Å². The summed E-state index contributed by atoms with van der Waals surface area (Å²) in [6, 6.07) is 11.8. The molecule has 0 aliphatic rings. The number of nitrogens with one attached hydrogen (secondary N) is 1.